The van der Waals surface area contributed by atoms with Crippen molar-refractivity contribution in [3.63, 3.8) is 0 Å². The van der Waals surface area contributed by atoms with Gasteiger partial charge in [-0.05, 0) is 42.0 Å². The number of benzene rings is 2. The average molecular weight is 388 g/mol. The Labute approximate surface area is 170 Å². The molecule has 1 saturated heterocycles. The van der Waals surface area contributed by atoms with Crippen molar-refractivity contribution in [2.45, 2.75) is 12.8 Å². The molecule has 3 aromatic rings. The Morgan fingerprint density at radius 1 is 1.07 bits per heavy atom. The lowest BCUT2D eigenvalue weighted by molar-refractivity contribution is 0.0665. The molecule has 2 N–H and O–H groups in total. The zero-order valence-electron chi connectivity index (χ0n) is 16.2. The van der Waals surface area contributed by atoms with Crippen LogP contribution in [0.3, 0.4) is 0 Å². The number of hydrogen-bond acceptors (Lipinski definition) is 3. The van der Waals surface area contributed by atoms with E-state index in [4.69, 9.17) is 0 Å². The molecule has 0 aliphatic carbocycles. The van der Waals surface area contributed by atoms with Gasteiger partial charge in [0.2, 0.25) is 0 Å². The van der Waals surface area contributed by atoms with Crippen LogP contribution < -0.4 is 5.32 Å². The van der Waals surface area contributed by atoms with Crippen LogP contribution in [-0.4, -0.2) is 46.3 Å². The van der Waals surface area contributed by atoms with Gasteiger partial charge in [-0.25, -0.2) is 4.98 Å². The van der Waals surface area contributed by atoms with Crippen molar-refractivity contribution in [2.75, 3.05) is 19.6 Å². The first-order valence-electron chi connectivity index (χ1n) is 9.92. The van der Waals surface area contributed by atoms with Crippen molar-refractivity contribution < 1.29 is 9.59 Å². The molecule has 2 amide bonds. The third-order valence-corrected chi connectivity index (χ3v) is 5.34. The standard InChI is InChI=1S/C23H24N4O2/c28-22(20-10-8-19(9-11-20)18-6-2-1-3-7-18)25-13-17-5-4-12-27(15-17)23(29)21-14-24-16-26-21/h1-3,6-11,14,16-17H,4-5,12-13,15H2,(H,24,26)(H,25,28)/t17-/m1/s1. The second-order valence-corrected chi connectivity index (χ2v) is 7.38. The lowest BCUT2D eigenvalue weighted by Crippen LogP contribution is -2.43. The van der Waals surface area contributed by atoms with Crippen LogP contribution in [0.4, 0.5) is 0 Å². The number of rotatable bonds is 5. The summed E-state index contributed by atoms with van der Waals surface area (Å²) in [7, 11) is 0. The van der Waals surface area contributed by atoms with Gasteiger partial charge in [-0.3, -0.25) is 9.59 Å². The van der Waals surface area contributed by atoms with E-state index < -0.39 is 0 Å². The monoisotopic (exact) mass is 388 g/mol. The number of piperidine rings is 1. The molecule has 6 heteroatoms. The first kappa shape index (κ1) is 18.9. The summed E-state index contributed by atoms with van der Waals surface area (Å²) in [5.41, 5.74) is 3.37. The number of nitrogens with one attached hydrogen (secondary N) is 2. The number of hydrogen-bond donors (Lipinski definition) is 2. The maximum Gasteiger partial charge on any atom is 0.271 e. The van der Waals surface area contributed by atoms with Crippen molar-refractivity contribution in [1.82, 2.24) is 20.2 Å². The number of aromatic nitrogens is 2. The van der Waals surface area contributed by atoms with E-state index in [1.54, 1.807) is 6.20 Å². The van der Waals surface area contributed by atoms with Crippen LogP contribution in [0.15, 0.2) is 67.1 Å². The van der Waals surface area contributed by atoms with Gasteiger partial charge in [0, 0.05) is 25.2 Å². The molecule has 1 atom stereocenters. The summed E-state index contributed by atoms with van der Waals surface area (Å²) in [6, 6.07) is 17.7. The van der Waals surface area contributed by atoms with Gasteiger partial charge in [0.15, 0.2) is 0 Å². The number of aromatic amines is 1. The van der Waals surface area contributed by atoms with Crippen LogP contribution in [0.5, 0.6) is 0 Å². The van der Waals surface area contributed by atoms with Crippen molar-refractivity contribution in [3.8, 4) is 11.1 Å². The number of nitrogens with zero attached hydrogens (tertiary/aromatic N) is 2. The predicted octanol–water partition coefficient (Wildman–Crippen LogP) is 3.36. The molecular formula is C23H24N4O2. The molecule has 2 aromatic carbocycles. The summed E-state index contributed by atoms with van der Waals surface area (Å²) < 4.78 is 0. The maximum atomic E-state index is 12.5. The van der Waals surface area contributed by atoms with Crippen LogP contribution in [-0.2, 0) is 0 Å². The molecule has 0 saturated carbocycles. The van der Waals surface area contributed by atoms with E-state index in [1.165, 1.54) is 6.33 Å². The Kier molecular flexibility index (Phi) is 5.70. The smallest absolute Gasteiger partial charge is 0.271 e. The van der Waals surface area contributed by atoms with Crippen molar-refractivity contribution in [3.05, 3.63) is 78.4 Å². The van der Waals surface area contributed by atoms with Crippen molar-refractivity contribution in [1.29, 1.82) is 0 Å². The molecular weight excluding hydrogens is 364 g/mol. The molecule has 0 bridgehead atoms. The average Bonchev–Trinajstić information content (AvgIpc) is 3.33. The Balaban J connectivity index is 1.31. The molecule has 4 rings (SSSR count). The zero-order valence-corrected chi connectivity index (χ0v) is 16.2. The summed E-state index contributed by atoms with van der Waals surface area (Å²) in [6.07, 6.45) is 5.00. The fourth-order valence-corrected chi connectivity index (χ4v) is 3.74. The van der Waals surface area contributed by atoms with E-state index in [2.05, 4.69) is 27.4 Å². The Bertz CT molecular complexity index is 952. The van der Waals surface area contributed by atoms with Gasteiger partial charge in [0.1, 0.15) is 5.69 Å². The van der Waals surface area contributed by atoms with Gasteiger partial charge >= 0.3 is 0 Å². The minimum atomic E-state index is -0.0818. The first-order valence-corrected chi connectivity index (χ1v) is 9.92. The van der Waals surface area contributed by atoms with E-state index in [0.717, 1.165) is 30.5 Å². The molecule has 148 valence electrons. The van der Waals surface area contributed by atoms with E-state index in [9.17, 15) is 9.59 Å². The highest BCUT2D eigenvalue weighted by Gasteiger charge is 2.25. The molecule has 1 aliphatic heterocycles. The van der Waals surface area contributed by atoms with Crippen LogP contribution >= 0.6 is 0 Å². The number of carbonyl (C=O) groups is 2. The predicted molar refractivity (Wildman–Crippen MR) is 111 cm³/mol. The minimum absolute atomic E-state index is 0.0324. The molecule has 0 unspecified atom stereocenters. The quantitative estimate of drug-likeness (QED) is 0.704. The van der Waals surface area contributed by atoms with E-state index >= 15 is 0 Å². The highest BCUT2D eigenvalue weighted by atomic mass is 16.2. The van der Waals surface area contributed by atoms with Crippen LogP contribution in [0, 0.1) is 5.92 Å². The third kappa shape index (κ3) is 4.54. The van der Waals surface area contributed by atoms with Crippen molar-refractivity contribution >= 4 is 11.8 Å². The lowest BCUT2D eigenvalue weighted by atomic mass is 9.97. The van der Waals surface area contributed by atoms with Crippen LogP contribution in [0.1, 0.15) is 33.7 Å². The lowest BCUT2D eigenvalue weighted by Gasteiger charge is -2.32. The molecule has 0 radical (unpaired) electrons. The van der Waals surface area contributed by atoms with Gasteiger partial charge in [0.05, 0.1) is 12.5 Å². The fourth-order valence-electron chi connectivity index (χ4n) is 3.74. The van der Waals surface area contributed by atoms with Gasteiger partial charge < -0.3 is 15.2 Å². The molecule has 1 aromatic heterocycles. The number of carbonyl (C=O) groups excluding carboxylic acids is 2. The highest BCUT2D eigenvalue weighted by Crippen LogP contribution is 2.20. The maximum absolute atomic E-state index is 12.5. The van der Waals surface area contributed by atoms with Gasteiger partial charge in [-0.15, -0.1) is 0 Å². The van der Waals surface area contributed by atoms with Crippen molar-refractivity contribution in [2.24, 2.45) is 5.92 Å². The van der Waals surface area contributed by atoms with E-state index in [0.29, 0.717) is 24.3 Å². The molecule has 29 heavy (non-hydrogen) atoms. The van der Waals surface area contributed by atoms with Gasteiger partial charge in [0.25, 0.3) is 11.8 Å². The summed E-state index contributed by atoms with van der Waals surface area (Å²) >= 11 is 0. The Hall–Kier alpha value is -3.41. The summed E-state index contributed by atoms with van der Waals surface area (Å²) in [6.45, 7) is 1.94. The van der Waals surface area contributed by atoms with Gasteiger partial charge in [-0.2, -0.15) is 0 Å². The van der Waals surface area contributed by atoms with E-state index in [-0.39, 0.29) is 17.7 Å². The fraction of sp³-hybridized carbons (Fsp3) is 0.261. The number of amides is 2. The second kappa shape index (κ2) is 8.73. The first-order chi connectivity index (χ1) is 14.2. The van der Waals surface area contributed by atoms with Crippen LogP contribution in [0.2, 0.25) is 0 Å². The molecule has 1 aliphatic rings. The summed E-state index contributed by atoms with van der Waals surface area (Å²) in [5.74, 6) is 0.139. The Morgan fingerprint density at radius 3 is 2.55 bits per heavy atom. The number of imidazole rings is 1. The number of likely N-dealkylation sites (tertiary alicyclic amines) is 1. The summed E-state index contributed by atoms with van der Waals surface area (Å²) in [5, 5.41) is 3.03. The SMILES string of the molecule is O=C(NC[C@H]1CCCN(C(=O)c2cnc[nH]2)C1)c1ccc(-c2ccccc2)cc1. The number of H-pyrrole nitrogens is 1. The minimum Gasteiger partial charge on any atom is -0.352 e. The molecule has 2 heterocycles. The molecule has 1 fully saturated rings. The Morgan fingerprint density at radius 2 is 1.83 bits per heavy atom. The molecule has 6 nitrogen and oxygen atoms in total. The topological polar surface area (TPSA) is 78.1 Å². The van der Waals surface area contributed by atoms with Gasteiger partial charge in [-0.1, -0.05) is 42.5 Å². The third-order valence-electron chi connectivity index (χ3n) is 5.34. The largest absolute Gasteiger partial charge is 0.352 e. The summed E-state index contributed by atoms with van der Waals surface area (Å²) in [4.78, 5) is 33.6. The molecule has 0 spiro atoms. The van der Waals surface area contributed by atoms with E-state index in [1.807, 2.05) is 47.4 Å². The zero-order chi connectivity index (χ0) is 20.1. The normalized spacial score (nSPS) is 16.4. The second-order valence-electron chi connectivity index (χ2n) is 7.38. The highest BCUT2D eigenvalue weighted by molar-refractivity contribution is 5.94. The van der Waals surface area contributed by atoms with Crippen LogP contribution in [0.25, 0.3) is 11.1 Å².